The van der Waals surface area contributed by atoms with E-state index in [9.17, 15) is 4.79 Å². The monoisotopic (exact) mass is 227 g/mol. The molecular weight excluding hydrogens is 206 g/mol. The van der Waals surface area contributed by atoms with Crippen LogP contribution < -0.4 is 0 Å². The molecule has 0 heterocycles. The highest BCUT2D eigenvalue weighted by Gasteiger charge is 2.24. The summed E-state index contributed by atoms with van der Waals surface area (Å²) in [6, 6.07) is 0. The summed E-state index contributed by atoms with van der Waals surface area (Å²) in [5, 5.41) is 0. The summed E-state index contributed by atoms with van der Waals surface area (Å²) < 4.78 is 4.80. The van der Waals surface area contributed by atoms with Gasteiger partial charge in [-0.2, -0.15) is 4.79 Å². The number of esters is 1. The van der Waals surface area contributed by atoms with Gasteiger partial charge in [0.1, 0.15) is 6.54 Å². The van der Waals surface area contributed by atoms with Gasteiger partial charge in [-0.25, -0.2) is 4.79 Å². The molecule has 0 N–H and O–H groups in total. The predicted octanol–water partition coefficient (Wildman–Crippen LogP) is 1.34. The summed E-state index contributed by atoms with van der Waals surface area (Å²) in [5.74, 6) is -0.540. The lowest BCUT2D eigenvalue weighted by atomic mass is 10.3. The standard InChI is InChI=1S/C11H21N3O2/c1-4-7-14(8-5-2)9-10(13-12)11(15)16-6-3/h4-9H2,1-3H3. The van der Waals surface area contributed by atoms with Gasteiger partial charge in [0.2, 0.25) is 0 Å². The SMILES string of the molecule is CCCN(CCC)CC(=[N+]=[N-])C(=O)OCC. The van der Waals surface area contributed by atoms with E-state index in [4.69, 9.17) is 10.3 Å². The first-order chi connectivity index (χ1) is 7.69. The molecule has 5 nitrogen and oxygen atoms in total. The summed E-state index contributed by atoms with van der Waals surface area (Å²) in [4.78, 5) is 16.5. The van der Waals surface area contributed by atoms with Crippen LogP contribution in [-0.4, -0.2) is 47.6 Å². The molecule has 0 aliphatic rings. The molecule has 0 atom stereocenters. The van der Waals surface area contributed by atoms with Gasteiger partial charge in [0, 0.05) is 0 Å². The Hall–Kier alpha value is -1.19. The van der Waals surface area contributed by atoms with E-state index in [1.807, 2.05) is 0 Å². The molecule has 5 heteroatoms. The Morgan fingerprint density at radius 1 is 1.25 bits per heavy atom. The fourth-order valence-electron chi connectivity index (χ4n) is 1.47. The molecule has 0 aromatic carbocycles. The second kappa shape index (κ2) is 9.07. The van der Waals surface area contributed by atoms with Crippen molar-refractivity contribution in [1.82, 2.24) is 4.90 Å². The van der Waals surface area contributed by atoms with Crippen LogP contribution in [0.3, 0.4) is 0 Å². The smallest absolute Gasteiger partial charge is 0.418 e. The first kappa shape index (κ1) is 14.8. The summed E-state index contributed by atoms with van der Waals surface area (Å²) in [7, 11) is 0. The number of hydrogen-bond donors (Lipinski definition) is 0. The van der Waals surface area contributed by atoms with Gasteiger partial charge in [0.15, 0.2) is 0 Å². The number of carbonyl (C=O) groups is 1. The van der Waals surface area contributed by atoms with Gasteiger partial charge in [0.05, 0.1) is 6.61 Å². The van der Waals surface area contributed by atoms with Crippen LogP contribution in [0.5, 0.6) is 0 Å². The summed E-state index contributed by atoms with van der Waals surface area (Å²) >= 11 is 0. The first-order valence-corrected chi connectivity index (χ1v) is 5.79. The lowest BCUT2D eigenvalue weighted by Gasteiger charge is -2.17. The Kier molecular flexibility index (Phi) is 8.39. The van der Waals surface area contributed by atoms with Crippen molar-refractivity contribution >= 4 is 11.7 Å². The van der Waals surface area contributed by atoms with E-state index in [1.165, 1.54) is 0 Å². The molecular formula is C11H21N3O2. The molecule has 0 fully saturated rings. The van der Waals surface area contributed by atoms with E-state index in [1.54, 1.807) is 6.92 Å². The van der Waals surface area contributed by atoms with Crippen molar-refractivity contribution in [3.63, 3.8) is 0 Å². The third-order valence-electron chi connectivity index (χ3n) is 2.08. The zero-order chi connectivity index (χ0) is 12.4. The number of rotatable bonds is 8. The van der Waals surface area contributed by atoms with Crippen molar-refractivity contribution in [3.8, 4) is 0 Å². The lowest BCUT2D eigenvalue weighted by Crippen LogP contribution is -2.36. The summed E-state index contributed by atoms with van der Waals surface area (Å²) in [6.07, 6.45) is 2.00. The molecule has 0 amide bonds. The average Bonchev–Trinajstić information content (AvgIpc) is 2.26. The molecule has 0 saturated carbocycles. The van der Waals surface area contributed by atoms with Crippen LogP contribution >= 0.6 is 0 Å². The van der Waals surface area contributed by atoms with Gasteiger partial charge >= 0.3 is 11.7 Å². The summed E-state index contributed by atoms with van der Waals surface area (Å²) in [6.45, 7) is 8.27. The van der Waals surface area contributed by atoms with Gasteiger partial charge in [0.25, 0.3) is 0 Å². The first-order valence-electron chi connectivity index (χ1n) is 5.79. The van der Waals surface area contributed by atoms with Crippen molar-refractivity contribution in [2.45, 2.75) is 33.6 Å². The zero-order valence-corrected chi connectivity index (χ0v) is 10.4. The second-order valence-corrected chi connectivity index (χ2v) is 3.54. The fourth-order valence-corrected chi connectivity index (χ4v) is 1.47. The van der Waals surface area contributed by atoms with E-state index >= 15 is 0 Å². The number of ether oxygens (including phenoxy) is 1. The maximum absolute atomic E-state index is 11.4. The molecule has 0 radical (unpaired) electrons. The lowest BCUT2D eigenvalue weighted by molar-refractivity contribution is -0.140. The van der Waals surface area contributed by atoms with Gasteiger partial charge in [-0.15, -0.1) is 0 Å². The highest BCUT2D eigenvalue weighted by molar-refractivity contribution is 6.34. The molecule has 0 unspecified atom stereocenters. The van der Waals surface area contributed by atoms with Crippen LogP contribution in [0.15, 0.2) is 0 Å². The molecule has 0 bridgehead atoms. The van der Waals surface area contributed by atoms with Crippen molar-refractivity contribution in [1.29, 1.82) is 0 Å². The van der Waals surface area contributed by atoms with Crippen molar-refractivity contribution in [3.05, 3.63) is 5.53 Å². The van der Waals surface area contributed by atoms with Crippen molar-refractivity contribution in [2.24, 2.45) is 0 Å². The Labute approximate surface area is 97.0 Å². The third-order valence-corrected chi connectivity index (χ3v) is 2.08. The minimum atomic E-state index is -0.540. The number of carbonyl (C=O) groups excluding carboxylic acids is 1. The van der Waals surface area contributed by atoms with Gasteiger partial charge < -0.3 is 10.3 Å². The molecule has 0 aliphatic carbocycles. The Balaban J connectivity index is 4.37. The van der Waals surface area contributed by atoms with Crippen molar-refractivity contribution in [2.75, 3.05) is 26.2 Å². The van der Waals surface area contributed by atoms with Gasteiger partial charge in [-0.3, -0.25) is 4.90 Å². The summed E-state index contributed by atoms with van der Waals surface area (Å²) in [5.41, 5.74) is 8.84. The zero-order valence-electron chi connectivity index (χ0n) is 10.4. The highest BCUT2D eigenvalue weighted by atomic mass is 16.5. The second-order valence-electron chi connectivity index (χ2n) is 3.54. The van der Waals surface area contributed by atoms with Crippen molar-refractivity contribution < 1.29 is 14.3 Å². The maximum Gasteiger partial charge on any atom is 0.418 e. The molecule has 16 heavy (non-hydrogen) atoms. The third kappa shape index (κ3) is 5.63. The Morgan fingerprint density at radius 2 is 1.81 bits per heavy atom. The highest BCUT2D eigenvalue weighted by Crippen LogP contribution is 1.95. The van der Waals surface area contributed by atoms with Gasteiger partial charge in [-0.05, 0) is 32.9 Å². The van der Waals surface area contributed by atoms with Gasteiger partial charge in [-0.1, -0.05) is 13.8 Å². The normalized spacial score (nSPS) is 10.0. The Morgan fingerprint density at radius 3 is 2.19 bits per heavy atom. The molecule has 0 saturated heterocycles. The maximum atomic E-state index is 11.4. The van der Waals surface area contributed by atoms with E-state index < -0.39 is 5.97 Å². The largest absolute Gasteiger partial charge is 0.457 e. The number of hydrogen-bond acceptors (Lipinski definition) is 3. The fraction of sp³-hybridized carbons (Fsp3) is 0.818. The molecule has 0 aromatic rings. The van der Waals surface area contributed by atoms with Crippen LogP contribution in [0, 0.1) is 0 Å². The molecule has 0 aliphatic heterocycles. The van der Waals surface area contributed by atoms with Crippen LogP contribution in [0.2, 0.25) is 0 Å². The van der Waals surface area contributed by atoms with E-state index in [2.05, 4.69) is 23.5 Å². The minimum Gasteiger partial charge on any atom is -0.457 e. The van der Waals surface area contributed by atoms with E-state index in [0.717, 1.165) is 25.9 Å². The number of nitrogens with zero attached hydrogens (tertiary/aromatic N) is 3. The minimum absolute atomic E-state index is 0.0729. The molecule has 0 rings (SSSR count). The van der Waals surface area contributed by atoms with Crippen LogP contribution in [-0.2, 0) is 9.53 Å². The quantitative estimate of drug-likeness (QED) is 0.272. The van der Waals surface area contributed by atoms with Crippen LogP contribution in [0.25, 0.3) is 5.53 Å². The predicted molar refractivity (Wildman–Crippen MR) is 62.3 cm³/mol. The molecule has 0 spiro atoms. The van der Waals surface area contributed by atoms with E-state index in [-0.39, 0.29) is 5.71 Å². The van der Waals surface area contributed by atoms with Crippen LogP contribution in [0.4, 0.5) is 0 Å². The molecule has 0 aromatic heterocycles. The average molecular weight is 227 g/mol. The molecule has 92 valence electrons. The van der Waals surface area contributed by atoms with E-state index in [0.29, 0.717) is 13.2 Å². The Bertz CT molecular complexity index is 254. The topological polar surface area (TPSA) is 65.9 Å². The van der Waals surface area contributed by atoms with Crippen LogP contribution in [0.1, 0.15) is 33.6 Å².